The molecule has 0 saturated carbocycles. The van der Waals surface area contributed by atoms with Gasteiger partial charge in [0.1, 0.15) is 0 Å². The average Bonchev–Trinajstić information content (AvgIpc) is 3.15. The minimum Gasteiger partial charge on any atom is -0.351 e. The van der Waals surface area contributed by atoms with Crippen LogP contribution in [0.2, 0.25) is 0 Å². The molecule has 2 unspecified atom stereocenters. The van der Waals surface area contributed by atoms with Gasteiger partial charge in [-0.1, -0.05) is 26.8 Å². The van der Waals surface area contributed by atoms with Gasteiger partial charge in [0.2, 0.25) is 5.91 Å². The summed E-state index contributed by atoms with van der Waals surface area (Å²) in [7, 11) is 0. The molecule has 1 aliphatic heterocycles. The Labute approximate surface area is 193 Å². The van der Waals surface area contributed by atoms with E-state index in [0.29, 0.717) is 5.92 Å². The summed E-state index contributed by atoms with van der Waals surface area (Å²) >= 11 is 0. The molecule has 180 valence electrons. The summed E-state index contributed by atoms with van der Waals surface area (Å²) < 4.78 is 27.4. The summed E-state index contributed by atoms with van der Waals surface area (Å²) in [4.78, 5) is 15.6. The maximum absolute atomic E-state index is 13.8. The van der Waals surface area contributed by atoms with Crippen molar-refractivity contribution in [1.29, 1.82) is 0 Å². The van der Waals surface area contributed by atoms with Crippen LogP contribution in [-0.4, -0.2) is 29.4 Å². The number of carbonyl (C=O) groups is 1. The van der Waals surface area contributed by atoms with Crippen molar-refractivity contribution >= 4 is 5.91 Å². The predicted molar refractivity (Wildman–Crippen MR) is 128 cm³/mol. The zero-order valence-corrected chi connectivity index (χ0v) is 20.9. The van der Waals surface area contributed by atoms with E-state index in [4.69, 9.17) is 0 Å². The van der Waals surface area contributed by atoms with Crippen LogP contribution in [0.25, 0.3) is 0 Å². The van der Waals surface area contributed by atoms with Gasteiger partial charge >= 0.3 is 0 Å². The first-order valence-corrected chi connectivity index (χ1v) is 12.2. The Kier molecular flexibility index (Phi) is 9.04. The van der Waals surface area contributed by atoms with Gasteiger partial charge in [-0.2, -0.15) is 0 Å². The molecule has 3 nitrogen and oxygen atoms in total. The van der Waals surface area contributed by atoms with Crippen LogP contribution in [0.4, 0.5) is 8.78 Å². The molecule has 0 bridgehead atoms. The van der Waals surface area contributed by atoms with Gasteiger partial charge in [-0.05, 0) is 102 Å². The van der Waals surface area contributed by atoms with E-state index in [1.165, 1.54) is 12.1 Å². The number of halogens is 2. The van der Waals surface area contributed by atoms with Crippen LogP contribution in [0.15, 0.2) is 24.8 Å². The average molecular weight is 449 g/mol. The molecule has 1 aromatic rings. The van der Waals surface area contributed by atoms with Crippen molar-refractivity contribution in [1.82, 2.24) is 10.2 Å². The van der Waals surface area contributed by atoms with Crippen LogP contribution >= 0.6 is 0 Å². The highest BCUT2D eigenvalue weighted by atomic mass is 19.2. The van der Waals surface area contributed by atoms with Gasteiger partial charge in [0.15, 0.2) is 11.6 Å². The molecule has 1 amide bonds. The highest BCUT2D eigenvalue weighted by Gasteiger charge is 2.44. The second kappa shape index (κ2) is 10.9. The van der Waals surface area contributed by atoms with E-state index in [2.05, 4.69) is 23.7 Å². The number of aryl methyl sites for hydroxylation is 1. The first-order chi connectivity index (χ1) is 15.0. The minimum absolute atomic E-state index is 0.124. The zero-order valence-electron chi connectivity index (χ0n) is 20.9. The second-order valence-corrected chi connectivity index (χ2v) is 10.3. The third-order valence-electron chi connectivity index (χ3n) is 6.97. The van der Waals surface area contributed by atoms with E-state index in [-0.39, 0.29) is 17.5 Å². The Balaban J connectivity index is 0.00000176. The molecule has 2 atom stereocenters. The van der Waals surface area contributed by atoms with E-state index < -0.39 is 17.0 Å². The van der Waals surface area contributed by atoms with Crippen molar-refractivity contribution < 1.29 is 13.6 Å². The van der Waals surface area contributed by atoms with Crippen LogP contribution in [0.1, 0.15) is 90.8 Å². The molecule has 1 heterocycles. The smallest absolute Gasteiger partial charge is 0.226 e. The largest absolute Gasteiger partial charge is 0.351 e. The van der Waals surface area contributed by atoms with E-state index >= 15 is 0 Å². The lowest BCUT2D eigenvalue weighted by molar-refractivity contribution is -0.136. The number of nitrogens with zero attached hydrogens (tertiary/aromatic N) is 1. The van der Waals surface area contributed by atoms with E-state index in [9.17, 15) is 13.6 Å². The lowest BCUT2D eigenvalue weighted by Gasteiger charge is -2.44. The van der Waals surface area contributed by atoms with Gasteiger partial charge in [0, 0.05) is 17.0 Å². The Hall–Kier alpha value is -1.75. The Morgan fingerprint density at radius 1 is 1.12 bits per heavy atom. The van der Waals surface area contributed by atoms with Crippen LogP contribution in [-0.2, 0) is 11.2 Å². The van der Waals surface area contributed by atoms with Gasteiger partial charge in [-0.15, -0.1) is 6.58 Å². The normalized spacial score (nSPS) is 21.2. The van der Waals surface area contributed by atoms with Crippen LogP contribution in [0, 0.1) is 23.0 Å². The first-order valence-electron chi connectivity index (χ1n) is 12.2. The van der Waals surface area contributed by atoms with Gasteiger partial charge in [0.05, 0.1) is 0 Å². The van der Waals surface area contributed by atoms with Crippen LogP contribution < -0.4 is 5.32 Å². The maximum Gasteiger partial charge on any atom is 0.226 e. The fourth-order valence-corrected chi connectivity index (χ4v) is 5.19. The summed E-state index contributed by atoms with van der Waals surface area (Å²) in [5.41, 5.74) is 1.17. The molecule has 1 saturated heterocycles. The standard InChI is InChI=1S/C25H36F2N2O.C2H6/c1-6-7-12-25(5,23(30)28-24(2,3)4)18-10-13-29(14-11-18)22-9-8-17-15-20(26)21(27)16-19(17)22;1-2/h6,15-16,18,22H,1,7-14H2,2-5H3,(H,28,30);1-2H3. The van der Waals surface area contributed by atoms with Crippen molar-refractivity contribution in [2.45, 2.75) is 91.6 Å². The van der Waals surface area contributed by atoms with Crippen molar-refractivity contribution in [3.63, 3.8) is 0 Å². The molecule has 5 heteroatoms. The Morgan fingerprint density at radius 3 is 2.28 bits per heavy atom. The molecule has 1 fully saturated rings. The molecule has 32 heavy (non-hydrogen) atoms. The summed E-state index contributed by atoms with van der Waals surface area (Å²) in [6.45, 7) is 17.7. The highest BCUT2D eigenvalue weighted by Crippen LogP contribution is 2.44. The van der Waals surface area contributed by atoms with Crippen molar-refractivity contribution in [2.75, 3.05) is 13.1 Å². The molecular weight excluding hydrogens is 406 g/mol. The number of amides is 1. The maximum atomic E-state index is 13.8. The zero-order chi connectivity index (χ0) is 24.1. The Bertz CT molecular complexity index is 794. The van der Waals surface area contributed by atoms with E-state index in [1.54, 1.807) is 0 Å². The van der Waals surface area contributed by atoms with Gasteiger partial charge < -0.3 is 5.32 Å². The number of nitrogens with one attached hydrogen (secondary N) is 1. The number of fused-ring (bicyclic) bond motifs is 1. The molecule has 2 aliphatic rings. The quantitative estimate of drug-likeness (QED) is 0.499. The molecule has 3 rings (SSSR count). The highest BCUT2D eigenvalue weighted by molar-refractivity contribution is 5.83. The number of piperidine rings is 1. The molecule has 0 spiro atoms. The number of hydrogen-bond acceptors (Lipinski definition) is 2. The number of benzene rings is 1. The monoisotopic (exact) mass is 448 g/mol. The molecule has 1 aliphatic carbocycles. The predicted octanol–water partition coefficient (Wildman–Crippen LogP) is 6.58. The molecule has 0 aromatic heterocycles. The minimum atomic E-state index is -0.758. The summed E-state index contributed by atoms with van der Waals surface area (Å²) in [6, 6.07) is 2.90. The molecule has 1 N–H and O–H groups in total. The van der Waals surface area contributed by atoms with E-state index in [0.717, 1.165) is 62.7 Å². The first kappa shape index (κ1) is 26.5. The number of hydrogen-bond donors (Lipinski definition) is 1. The van der Waals surface area contributed by atoms with Crippen molar-refractivity contribution in [3.8, 4) is 0 Å². The summed E-state index contributed by atoms with van der Waals surface area (Å²) in [5, 5.41) is 3.19. The van der Waals surface area contributed by atoms with Crippen LogP contribution in [0.3, 0.4) is 0 Å². The third-order valence-corrected chi connectivity index (χ3v) is 6.97. The van der Waals surface area contributed by atoms with Gasteiger partial charge in [-0.25, -0.2) is 8.78 Å². The van der Waals surface area contributed by atoms with E-state index in [1.807, 2.05) is 40.7 Å². The molecular formula is C27H42F2N2O. The topological polar surface area (TPSA) is 32.3 Å². The number of rotatable bonds is 6. The fraction of sp³-hybridized carbons (Fsp3) is 0.667. The SMILES string of the molecule is C=CCCC(C)(C(=O)NC(C)(C)C)C1CCN(C2CCc3cc(F)c(F)cc32)CC1.CC. The van der Waals surface area contributed by atoms with Gasteiger partial charge in [-0.3, -0.25) is 9.69 Å². The van der Waals surface area contributed by atoms with Crippen molar-refractivity contribution in [2.24, 2.45) is 11.3 Å². The van der Waals surface area contributed by atoms with Gasteiger partial charge in [0.25, 0.3) is 0 Å². The van der Waals surface area contributed by atoms with Crippen LogP contribution in [0.5, 0.6) is 0 Å². The summed E-state index contributed by atoms with van der Waals surface area (Å²) in [6.07, 6.45) is 7.06. The summed E-state index contributed by atoms with van der Waals surface area (Å²) in [5.74, 6) is -1.09. The fourth-order valence-electron chi connectivity index (χ4n) is 5.19. The lowest BCUT2D eigenvalue weighted by atomic mass is 9.68. The molecule has 1 aromatic carbocycles. The third kappa shape index (κ3) is 5.98. The number of likely N-dealkylation sites (tertiary alicyclic amines) is 1. The van der Waals surface area contributed by atoms with Crippen molar-refractivity contribution in [3.05, 3.63) is 47.5 Å². The second-order valence-electron chi connectivity index (χ2n) is 10.3. The Morgan fingerprint density at radius 2 is 1.72 bits per heavy atom. The lowest BCUT2D eigenvalue weighted by Crippen LogP contribution is -2.52. The number of carbonyl (C=O) groups excluding carboxylic acids is 1. The number of allylic oxidation sites excluding steroid dienone is 1. The molecule has 0 radical (unpaired) electrons.